The SMILES string of the molecule is CCC(=O)N1CCC(NC(=NC)NCCCn2c(C)nc3ccccc32)C1.I. The van der Waals surface area contributed by atoms with Crippen molar-refractivity contribution in [1.29, 1.82) is 0 Å². The summed E-state index contributed by atoms with van der Waals surface area (Å²) in [6.45, 7) is 7.29. The zero-order chi connectivity index (χ0) is 19.2. The number of halogens is 1. The second kappa shape index (κ2) is 10.6. The molecule has 28 heavy (non-hydrogen) atoms. The van der Waals surface area contributed by atoms with E-state index in [1.807, 2.05) is 17.9 Å². The minimum atomic E-state index is 0. The highest BCUT2D eigenvalue weighted by atomic mass is 127. The van der Waals surface area contributed by atoms with E-state index in [9.17, 15) is 4.79 Å². The topological polar surface area (TPSA) is 74.6 Å². The Balaban J connectivity index is 0.00000280. The van der Waals surface area contributed by atoms with Crippen LogP contribution in [-0.2, 0) is 11.3 Å². The second-order valence-corrected chi connectivity index (χ2v) is 6.98. The summed E-state index contributed by atoms with van der Waals surface area (Å²) in [5, 5.41) is 6.82. The zero-order valence-corrected chi connectivity index (χ0v) is 19.3. The van der Waals surface area contributed by atoms with Crippen LogP contribution in [0, 0.1) is 6.92 Å². The first-order valence-corrected chi connectivity index (χ1v) is 9.79. The number of amides is 1. The maximum Gasteiger partial charge on any atom is 0.222 e. The monoisotopic (exact) mass is 498 g/mol. The predicted octanol–water partition coefficient (Wildman–Crippen LogP) is 2.53. The molecule has 2 N–H and O–H groups in total. The van der Waals surface area contributed by atoms with Gasteiger partial charge >= 0.3 is 0 Å². The fourth-order valence-corrected chi connectivity index (χ4v) is 3.64. The largest absolute Gasteiger partial charge is 0.356 e. The fourth-order valence-electron chi connectivity index (χ4n) is 3.64. The first-order chi connectivity index (χ1) is 13.1. The van der Waals surface area contributed by atoms with Gasteiger partial charge in [0.2, 0.25) is 5.91 Å². The summed E-state index contributed by atoms with van der Waals surface area (Å²) in [5.74, 6) is 2.08. The maximum atomic E-state index is 11.8. The Labute approximate surface area is 184 Å². The van der Waals surface area contributed by atoms with Crippen molar-refractivity contribution in [2.75, 3.05) is 26.7 Å². The maximum absolute atomic E-state index is 11.8. The number of carbonyl (C=O) groups excluding carboxylic acids is 1. The molecule has 1 aliphatic rings. The molecule has 154 valence electrons. The molecule has 2 aromatic rings. The summed E-state index contributed by atoms with van der Waals surface area (Å²) in [7, 11) is 1.78. The van der Waals surface area contributed by atoms with Gasteiger partial charge in [-0.25, -0.2) is 4.98 Å². The summed E-state index contributed by atoms with van der Waals surface area (Å²) in [6.07, 6.45) is 2.52. The lowest BCUT2D eigenvalue weighted by molar-refractivity contribution is -0.129. The van der Waals surface area contributed by atoms with Crippen LogP contribution in [0.4, 0.5) is 0 Å². The van der Waals surface area contributed by atoms with Crippen LogP contribution in [-0.4, -0.2) is 59.0 Å². The molecule has 1 aromatic heterocycles. The first kappa shape index (κ1) is 22.4. The normalized spacial score (nSPS) is 16.9. The number of rotatable bonds is 6. The summed E-state index contributed by atoms with van der Waals surface area (Å²) in [5.41, 5.74) is 2.23. The van der Waals surface area contributed by atoms with Crippen molar-refractivity contribution in [2.45, 2.75) is 45.7 Å². The molecule has 1 saturated heterocycles. The number of hydrogen-bond acceptors (Lipinski definition) is 3. The van der Waals surface area contributed by atoms with E-state index in [0.717, 1.165) is 56.3 Å². The molecule has 1 amide bonds. The number of aliphatic imine (C=N–C) groups is 1. The predicted molar refractivity (Wildman–Crippen MR) is 124 cm³/mol. The van der Waals surface area contributed by atoms with Crippen molar-refractivity contribution in [1.82, 2.24) is 25.1 Å². The van der Waals surface area contributed by atoms with Crippen LogP contribution >= 0.6 is 24.0 Å². The number of nitrogens with one attached hydrogen (secondary N) is 2. The molecular formula is C20H31IN6O. The first-order valence-electron chi connectivity index (χ1n) is 9.79. The number of hydrogen-bond donors (Lipinski definition) is 2. The van der Waals surface area contributed by atoms with E-state index in [1.165, 1.54) is 5.52 Å². The molecule has 1 atom stereocenters. The van der Waals surface area contributed by atoms with Crippen LogP contribution in [0.1, 0.15) is 32.0 Å². The standard InChI is InChI=1S/C20H30N6O.HI/c1-4-19(27)25-13-10-16(14-25)24-20(21-3)22-11-7-12-26-15(2)23-17-8-5-6-9-18(17)26;/h5-6,8-9,16H,4,7,10-14H2,1-3H3,(H2,21,22,24);1H. The number of guanidine groups is 1. The Kier molecular flexibility index (Phi) is 8.53. The quantitative estimate of drug-likeness (QED) is 0.278. The molecule has 1 aliphatic heterocycles. The molecule has 0 saturated carbocycles. The molecule has 0 spiro atoms. The number of para-hydroxylation sites is 2. The average Bonchev–Trinajstić information content (AvgIpc) is 3.27. The van der Waals surface area contributed by atoms with Gasteiger partial charge in [0.1, 0.15) is 5.82 Å². The van der Waals surface area contributed by atoms with E-state index in [0.29, 0.717) is 6.42 Å². The van der Waals surface area contributed by atoms with E-state index in [-0.39, 0.29) is 35.9 Å². The van der Waals surface area contributed by atoms with Gasteiger partial charge in [-0.2, -0.15) is 0 Å². The number of benzene rings is 1. The van der Waals surface area contributed by atoms with Gasteiger partial charge in [-0.3, -0.25) is 9.79 Å². The highest BCUT2D eigenvalue weighted by Gasteiger charge is 2.25. The zero-order valence-electron chi connectivity index (χ0n) is 16.9. The van der Waals surface area contributed by atoms with Gasteiger partial charge in [0.25, 0.3) is 0 Å². The molecule has 7 nitrogen and oxygen atoms in total. The van der Waals surface area contributed by atoms with Crippen molar-refractivity contribution in [3.63, 3.8) is 0 Å². The van der Waals surface area contributed by atoms with Crippen molar-refractivity contribution < 1.29 is 4.79 Å². The van der Waals surface area contributed by atoms with E-state index in [1.54, 1.807) is 7.05 Å². The van der Waals surface area contributed by atoms with Crippen LogP contribution in [0.25, 0.3) is 11.0 Å². The van der Waals surface area contributed by atoms with Crippen molar-refractivity contribution in [2.24, 2.45) is 4.99 Å². The second-order valence-electron chi connectivity index (χ2n) is 6.98. The summed E-state index contributed by atoms with van der Waals surface area (Å²) >= 11 is 0. The summed E-state index contributed by atoms with van der Waals surface area (Å²) in [4.78, 5) is 22.7. The summed E-state index contributed by atoms with van der Waals surface area (Å²) < 4.78 is 2.26. The number of likely N-dealkylation sites (tertiary alicyclic amines) is 1. The van der Waals surface area contributed by atoms with Gasteiger partial charge in [0.05, 0.1) is 11.0 Å². The van der Waals surface area contributed by atoms with Crippen LogP contribution in [0.3, 0.4) is 0 Å². The number of nitrogens with zero attached hydrogens (tertiary/aromatic N) is 4. The van der Waals surface area contributed by atoms with Crippen LogP contribution in [0.15, 0.2) is 29.3 Å². The van der Waals surface area contributed by atoms with Gasteiger partial charge in [0.15, 0.2) is 5.96 Å². The van der Waals surface area contributed by atoms with E-state index >= 15 is 0 Å². The average molecular weight is 498 g/mol. The lowest BCUT2D eigenvalue weighted by atomic mass is 10.3. The molecule has 1 aromatic carbocycles. The Morgan fingerprint density at radius 1 is 1.36 bits per heavy atom. The molecule has 0 radical (unpaired) electrons. The summed E-state index contributed by atoms with van der Waals surface area (Å²) in [6, 6.07) is 8.52. The van der Waals surface area contributed by atoms with E-state index in [2.05, 4.69) is 50.3 Å². The third kappa shape index (κ3) is 5.36. The van der Waals surface area contributed by atoms with Gasteiger partial charge in [0, 0.05) is 45.7 Å². The number of aromatic nitrogens is 2. The molecule has 0 bridgehead atoms. The lowest BCUT2D eigenvalue weighted by Crippen LogP contribution is -2.45. The molecular weight excluding hydrogens is 467 g/mol. The van der Waals surface area contributed by atoms with E-state index < -0.39 is 0 Å². The van der Waals surface area contributed by atoms with Crippen LogP contribution in [0.2, 0.25) is 0 Å². The third-order valence-corrected chi connectivity index (χ3v) is 5.10. The Bertz CT molecular complexity index is 818. The van der Waals surface area contributed by atoms with Gasteiger partial charge in [-0.15, -0.1) is 24.0 Å². The molecule has 8 heteroatoms. The van der Waals surface area contributed by atoms with Crippen molar-refractivity contribution in [3.8, 4) is 0 Å². The molecule has 0 aliphatic carbocycles. The number of aryl methyl sites for hydroxylation is 2. The Hall–Kier alpha value is -1.84. The highest BCUT2D eigenvalue weighted by molar-refractivity contribution is 14.0. The molecule has 3 rings (SSSR count). The van der Waals surface area contributed by atoms with Crippen LogP contribution in [0.5, 0.6) is 0 Å². The minimum Gasteiger partial charge on any atom is -0.356 e. The van der Waals surface area contributed by atoms with Crippen molar-refractivity contribution >= 4 is 46.9 Å². The van der Waals surface area contributed by atoms with Gasteiger partial charge < -0.3 is 20.1 Å². The molecule has 1 unspecified atom stereocenters. The number of fused-ring (bicyclic) bond motifs is 1. The van der Waals surface area contributed by atoms with E-state index in [4.69, 9.17) is 0 Å². The highest BCUT2D eigenvalue weighted by Crippen LogP contribution is 2.15. The Morgan fingerprint density at radius 3 is 2.89 bits per heavy atom. The fraction of sp³-hybridized carbons (Fsp3) is 0.550. The number of imidazole rings is 1. The Morgan fingerprint density at radius 2 is 2.14 bits per heavy atom. The number of carbonyl (C=O) groups is 1. The molecule has 1 fully saturated rings. The third-order valence-electron chi connectivity index (χ3n) is 5.10. The van der Waals surface area contributed by atoms with Crippen molar-refractivity contribution in [3.05, 3.63) is 30.1 Å². The van der Waals surface area contributed by atoms with Gasteiger partial charge in [-0.1, -0.05) is 19.1 Å². The van der Waals surface area contributed by atoms with Crippen LogP contribution < -0.4 is 10.6 Å². The smallest absolute Gasteiger partial charge is 0.222 e. The lowest BCUT2D eigenvalue weighted by Gasteiger charge is -2.19. The van der Waals surface area contributed by atoms with Gasteiger partial charge in [-0.05, 0) is 31.9 Å². The minimum absolute atomic E-state index is 0. The molecule has 2 heterocycles.